The lowest BCUT2D eigenvalue weighted by Gasteiger charge is -2.13. The van der Waals surface area contributed by atoms with Gasteiger partial charge >= 0.3 is 5.97 Å². The minimum atomic E-state index is -0.509. The average molecular weight is 451 g/mol. The smallest absolute Gasteiger partial charge is 0.341 e. The molecule has 1 atom stereocenters. The second kappa shape index (κ2) is 5.60. The number of nitrogens with one attached hydrogen (secondary N) is 1. The lowest BCUT2D eigenvalue weighted by atomic mass is 9.95. The van der Waals surface area contributed by atoms with Crippen LogP contribution in [-0.4, -0.2) is 22.2 Å². The van der Waals surface area contributed by atoms with E-state index in [1.807, 2.05) is 6.92 Å². The highest BCUT2D eigenvalue weighted by Gasteiger charge is 2.66. The number of alkyl halides is 2. The van der Waals surface area contributed by atoms with Gasteiger partial charge in [-0.15, -0.1) is 11.3 Å². The molecule has 1 amide bonds. The molecule has 120 valence electrons. The molecule has 1 N–H and O–H groups in total. The van der Waals surface area contributed by atoms with Gasteiger partial charge in [0.1, 0.15) is 5.00 Å². The molecule has 2 aliphatic carbocycles. The van der Waals surface area contributed by atoms with Crippen LogP contribution in [0, 0.1) is 5.41 Å². The van der Waals surface area contributed by atoms with Gasteiger partial charge in [0, 0.05) is 4.88 Å². The summed E-state index contributed by atoms with van der Waals surface area (Å²) in [7, 11) is 1.38. The molecule has 1 aromatic heterocycles. The Morgan fingerprint density at radius 1 is 1.27 bits per heavy atom. The molecule has 0 bridgehead atoms. The minimum Gasteiger partial charge on any atom is -0.465 e. The molecule has 0 spiro atoms. The number of amides is 1. The zero-order valence-corrected chi connectivity index (χ0v) is 16.4. The van der Waals surface area contributed by atoms with Gasteiger partial charge in [0.25, 0.3) is 0 Å². The number of carbonyl (C=O) groups excluding carboxylic acids is 2. The Balaban J connectivity index is 1.92. The van der Waals surface area contributed by atoms with Crippen molar-refractivity contribution in [1.29, 1.82) is 0 Å². The van der Waals surface area contributed by atoms with E-state index in [-0.39, 0.29) is 15.1 Å². The van der Waals surface area contributed by atoms with Gasteiger partial charge in [0.05, 0.1) is 21.3 Å². The Hall–Kier alpha value is -0.400. The lowest BCUT2D eigenvalue weighted by Crippen LogP contribution is -2.26. The van der Waals surface area contributed by atoms with Crippen molar-refractivity contribution in [1.82, 2.24) is 0 Å². The fraction of sp³-hybridized carbons (Fsp3) is 0.600. The number of anilines is 1. The fourth-order valence-electron chi connectivity index (χ4n) is 2.86. The summed E-state index contributed by atoms with van der Waals surface area (Å²) in [6.45, 7) is 1.90. The number of methoxy groups -OCH3 is 1. The number of fused-ring (bicyclic) bond motifs is 1. The van der Waals surface area contributed by atoms with Crippen molar-refractivity contribution in [3.63, 3.8) is 0 Å². The molecular formula is C15H17Br2NO3S. The molecule has 3 rings (SSSR count). The predicted molar refractivity (Wildman–Crippen MR) is 94.2 cm³/mol. The Kier molecular flexibility index (Phi) is 4.19. The summed E-state index contributed by atoms with van der Waals surface area (Å²) in [5.74, 6) is -0.440. The van der Waals surface area contributed by atoms with E-state index >= 15 is 0 Å². The van der Waals surface area contributed by atoms with Crippen molar-refractivity contribution < 1.29 is 14.3 Å². The van der Waals surface area contributed by atoms with Crippen molar-refractivity contribution in [3.05, 3.63) is 16.0 Å². The van der Waals surface area contributed by atoms with Gasteiger partial charge in [-0.25, -0.2) is 4.79 Å². The van der Waals surface area contributed by atoms with Crippen LogP contribution in [0.4, 0.5) is 5.00 Å². The van der Waals surface area contributed by atoms with E-state index in [2.05, 4.69) is 37.2 Å². The number of ether oxygens (including phenoxy) is 1. The summed E-state index contributed by atoms with van der Waals surface area (Å²) < 4.78 is 4.58. The van der Waals surface area contributed by atoms with Crippen molar-refractivity contribution in [2.24, 2.45) is 5.41 Å². The Labute approximate surface area is 150 Å². The highest BCUT2D eigenvalue weighted by Crippen LogP contribution is 2.66. The number of halogens is 2. The first-order valence-corrected chi connectivity index (χ1v) is 9.62. The third-order valence-corrected chi connectivity index (χ3v) is 8.07. The van der Waals surface area contributed by atoms with Crippen LogP contribution in [0.2, 0.25) is 0 Å². The third kappa shape index (κ3) is 2.55. The van der Waals surface area contributed by atoms with E-state index in [4.69, 9.17) is 4.74 Å². The van der Waals surface area contributed by atoms with Gasteiger partial charge in [0.15, 0.2) is 0 Å². The van der Waals surface area contributed by atoms with E-state index in [9.17, 15) is 9.59 Å². The summed E-state index contributed by atoms with van der Waals surface area (Å²) in [5, 5.41) is 3.59. The number of thiophene rings is 1. The van der Waals surface area contributed by atoms with Crippen LogP contribution in [0.25, 0.3) is 0 Å². The van der Waals surface area contributed by atoms with Crippen LogP contribution < -0.4 is 5.32 Å². The summed E-state index contributed by atoms with van der Waals surface area (Å²) >= 11 is 8.53. The zero-order valence-electron chi connectivity index (χ0n) is 12.4. The van der Waals surface area contributed by atoms with Crippen LogP contribution in [0.3, 0.4) is 0 Å². The molecule has 1 fully saturated rings. The molecule has 0 radical (unpaired) electrons. The molecule has 4 nitrogen and oxygen atoms in total. The van der Waals surface area contributed by atoms with Crippen molar-refractivity contribution in [2.75, 3.05) is 12.4 Å². The number of aryl methyl sites for hydroxylation is 1. The van der Waals surface area contributed by atoms with Gasteiger partial charge in [0.2, 0.25) is 5.91 Å². The molecule has 0 saturated heterocycles. The molecule has 22 heavy (non-hydrogen) atoms. The van der Waals surface area contributed by atoms with Crippen molar-refractivity contribution >= 4 is 60.1 Å². The molecular weight excluding hydrogens is 434 g/mol. The quantitative estimate of drug-likeness (QED) is 0.553. The molecule has 1 saturated carbocycles. The number of esters is 1. The highest BCUT2D eigenvalue weighted by molar-refractivity contribution is 9.25. The number of hydrogen-bond donors (Lipinski definition) is 1. The van der Waals surface area contributed by atoms with Gasteiger partial charge in [-0.2, -0.15) is 0 Å². The zero-order chi connectivity index (χ0) is 16.1. The third-order valence-electron chi connectivity index (χ3n) is 4.55. The highest BCUT2D eigenvalue weighted by atomic mass is 79.9. The van der Waals surface area contributed by atoms with Crippen LogP contribution in [-0.2, 0) is 22.4 Å². The second-order valence-electron chi connectivity index (χ2n) is 6.07. The number of rotatable bonds is 3. The van der Waals surface area contributed by atoms with Gasteiger partial charge < -0.3 is 10.1 Å². The molecule has 0 aromatic carbocycles. The number of hydrogen-bond acceptors (Lipinski definition) is 4. The van der Waals surface area contributed by atoms with Crippen LogP contribution in [0.15, 0.2) is 0 Å². The number of carbonyl (C=O) groups is 2. The Morgan fingerprint density at radius 3 is 2.50 bits per heavy atom. The fourth-order valence-corrected chi connectivity index (χ4v) is 5.61. The maximum Gasteiger partial charge on any atom is 0.341 e. The van der Waals surface area contributed by atoms with E-state index in [0.717, 1.165) is 31.2 Å². The lowest BCUT2D eigenvalue weighted by molar-refractivity contribution is -0.120. The van der Waals surface area contributed by atoms with Crippen LogP contribution >= 0.6 is 43.2 Å². The first kappa shape index (κ1) is 16.5. The van der Waals surface area contributed by atoms with E-state index in [1.165, 1.54) is 23.3 Å². The summed E-state index contributed by atoms with van der Waals surface area (Å²) in [6.07, 6.45) is 4.77. The normalized spacial score (nSPS) is 25.3. The maximum atomic E-state index is 12.6. The maximum absolute atomic E-state index is 12.6. The van der Waals surface area contributed by atoms with E-state index in [1.54, 1.807) is 0 Å². The Morgan fingerprint density at radius 2 is 1.91 bits per heavy atom. The van der Waals surface area contributed by atoms with Gasteiger partial charge in [-0.3, -0.25) is 4.79 Å². The average Bonchev–Trinajstić information content (AvgIpc) is 2.83. The summed E-state index contributed by atoms with van der Waals surface area (Å²) in [6, 6.07) is 0. The topological polar surface area (TPSA) is 55.4 Å². The molecule has 0 aliphatic heterocycles. The molecule has 7 heteroatoms. The van der Waals surface area contributed by atoms with E-state index in [0.29, 0.717) is 17.0 Å². The summed E-state index contributed by atoms with van der Waals surface area (Å²) in [5.41, 5.74) is 1.10. The molecule has 1 aromatic rings. The molecule has 1 heterocycles. The second-order valence-corrected chi connectivity index (χ2v) is 11.0. The van der Waals surface area contributed by atoms with Gasteiger partial charge in [-0.05, 0) is 44.6 Å². The van der Waals surface area contributed by atoms with Gasteiger partial charge in [-0.1, -0.05) is 31.9 Å². The molecule has 2 aliphatic rings. The Bertz CT molecular complexity index is 655. The molecule has 1 unspecified atom stereocenters. The monoisotopic (exact) mass is 449 g/mol. The van der Waals surface area contributed by atoms with Crippen LogP contribution in [0.1, 0.15) is 47.0 Å². The van der Waals surface area contributed by atoms with Crippen molar-refractivity contribution in [2.45, 2.75) is 42.3 Å². The SMILES string of the molecule is COC(=O)c1c(NC(=O)C2(C)CC2(Br)Br)sc2c1CCCC2. The first-order chi connectivity index (χ1) is 10.3. The first-order valence-electron chi connectivity index (χ1n) is 7.22. The van der Waals surface area contributed by atoms with E-state index < -0.39 is 5.41 Å². The van der Waals surface area contributed by atoms with Crippen molar-refractivity contribution in [3.8, 4) is 0 Å². The van der Waals surface area contributed by atoms with Crippen LogP contribution in [0.5, 0.6) is 0 Å². The predicted octanol–water partition coefficient (Wildman–Crippen LogP) is 4.25. The largest absolute Gasteiger partial charge is 0.465 e. The summed E-state index contributed by atoms with van der Waals surface area (Å²) in [4.78, 5) is 25.9. The minimum absolute atomic E-state index is 0.0787. The standard InChI is InChI=1S/C15H17Br2NO3S/c1-14(7-15(14,16)17)13(20)18-11-10(12(19)21-2)8-5-3-4-6-9(8)22-11/h3-7H2,1-2H3,(H,18,20).